The summed E-state index contributed by atoms with van der Waals surface area (Å²) in [5.74, 6) is 0. The minimum atomic E-state index is -0.288. The molecule has 0 spiro atoms. The Kier molecular flexibility index (Phi) is 3.32. The average molecular weight is 180 g/mol. The van der Waals surface area contributed by atoms with Crippen molar-refractivity contribution in [2.45, 2.75) is 46.1 Å². The number of hydrogen-bond donors (Lipinski definition) is 1. The van der Waals surface area contributed by atoms with E-state index in [0.717, 1.165) is 6.42 Å². The van der Waals surface area contributed by atoms with Gasteiger partial charge in [0, 0.05) is 5.41 Å². The number of hydrogen-bond acceptors (Lipinski definition) is 1. The maximum Gasteiger partial charge on any atom is 0.0838 e. The molecule has 1 nitrogen and oxygen atoms in total. The Morgan fingerprint density at radius 1 is 1.46 bits per heavy atom. The predicted octanol–water partition coefficient (Wildman–Crippen LogP) is 3.06. The van der Waals surface area contributed by atoms with Crippen LogP contribution in [0.15, 0.2) is 23.8 Å². The largest absolute Gasteiger partial charge is 0.388 e. The first-order chi connectivity index (χ1) is 6.08. The lowest BCUT2D eigenvalue weighted by molar-refractivity contribution is 0.109. The Balaban J connectivity index is 2.64. The highest BCUT2D eigenvalue weighted by atomic mass is 16.3. The Morgan fingerprint density at radius 2 is 2.15 bits per heavy atom. The number of aliphatic hydroxyl groups excluding tert-OH is 1. The predicted molar refractivity (Wildman–Crippen MR) is 56.5 cm³/mol. The molecule has 0 aromatic carbocycles. The van der Waals surface area contributed by atoms with Crippen molar-refractivity contribution < 1.29 is 5.11 Å². The molecule has 1 heteroatoms. The quantitative estimate of drug-likeness (QED) is 0.707. The smallest absolute Gasteiger partial charge is 0.0838 e. The van der Waals surface area contributed by atoms with Crippen LogP contribution in [0.5, 0.6) is 0 Å². The van der Waals surface area contributed by atoms with Crippen molar-refractivity contribution in [3.63, 3.8) is 0 Å². The van der Waals surface area contributed by atoms with Gasteiger partial charge in [0.15, 0.2) is 0 Å². The molecule has 0 aliphatic heterocycles. The maximum atomic E-state index is 10.0. The van der Waals surface area contributed by atoms with Crippen LogP contribution in [-0.2, 0) is 0 Å². The van der Waals surface area contributed by atoms with Crippen LogP contribution in [0.25, 0.3) is 0 Å². The second kappa shape index (κ2) is 4.10. The van der Waals surface area contributed by atoms with E-state index in [2.05, 4.69) is 39.0 Å². The molecule has 0 fully saturated rings. The standard InChI is InChI=1S/C12H20O/c1-4-5-7-10-8-6-9-12(2,3)11(10)13/h6,8-9,11,13H,4-5,7H2,1-3H3. The summed E-state index contributed by atoms with van der Waals surface area (Å²) in [5, 5.41) is 10.0. The van der Waals surface area contributed by atoms with Crippen molar-refractivity contribution >= 4 is 0 Å². The highest BCUT2D eigenvalue weighted by molar-refractivity contribution is 5.27. The number of allylic oxidation sites excluding steroid dienone is 2. The molecule has 13 heavy (non-hydrogen) atoms. The van der Waals surface area contributed by atoms with Gasteiger partial charge in [0.2, 0.25) is 0 Å². The number of unbranched alkanes of at least 4 members (excludes halogenated alkanes) is 1. The van der Waals surface area contributed by atoms with Crippen molar-refractivity contribution in [3.8, 4) is 0 Å². The summed E-state index contributed by atoms with van der Waals surface area (Å²) < 4.78 is 0. The Bertz CT molecular complexity index is 223. The lowest BCUT2D eigenvalue weighted by Crippen LogP contribution is -2.30. The van der Waals surface area contributed by atoms with Gasteiger partial charge in [-0.3, -0.25) is 0 Å². The van der Waals surface area contributed by atoms with Crippen molar-refractivity contribution in [1.82, 2.24) is 0 Å². The van der Waals surface area contributed by atoms with E-state index >= 15 is 0 Å². The molecule has 1 unspecified atom stereocenters. The third kappa shape index (κ3) is 2.44. The Hall–Kier alpha value is -0.560. The molecule has 0 aromatic rings. The lowest BCUT2D eigenvalue weighted by atomic mass is 9.78. The molecule has 1 aliphatic carbocycles. The van der Waals surface area contributed by atoms with E-state index in [9.17, 15) is 5.11 Å². The van der Waals surface area contributed by atoms with Crippen LogP contribution in [0, 0.1) is 5.41 Å². The van der Waals surface area contributed by atoms with E-state index in [-0.39, 0.29) is 11.5 Å². The molecule has 1 atom stereocenters. The van der Waals surface area contributed by atoms with Crippen LogP contribution in [0.1, 0.15) is 40.0 Å². The number of aliphatic hydroxyl groups is 1. The molecule has 0 aromatic heterocycles. The monoisotopic (exact) mass is 180 g/mol. The highest BCUT2D eigenvalue weighted by Crippen LogP contribution is 2.32. The van der Waals surface area contributed by atoms with E-state index in [1.807, 2.05) is 0 Å². The SMILES string of the molecule is CCCCC1=CC=CC(C)(C)C1O. The van der Waals surface area contributed by atoms with Crippen LogP contribution >= 0.6 is 0 Å². The minimum absolute atomic E-state index is 0.0855. The van der Waals surface area contributed by atoms with Gasteiger partial charge in [-0.25, -0.2) is 0 Å². The zero-order valence-electron chi connectivity index (χ0n) is 8.88. The van der Waals surface area contributed by atoms with Crippen molar-refractivity contribution in [1.29, 1.82) is 0 Å². The van der Waals surface area contributed by atoms with Gasteiger partial charge in [0.1, 0.15) is 0 Å². The maximum absolute atomic E-state index is 10.0. The van der Waals surface area contributed by atoms with E-state index in [4.69, 9.17) is 0 Å². The van der Waals surface area contributed by atoms with Crippen LogP contribution < -0.4 is 0 Å². The van der Waals surface area contributed by atoms with Crippen LogP contribution in [-0.4, -0.2) is 11.2 Å². The van der Waals surface area contributed by atoms with Gasteiger partial charge in [-0.15, -0.1) is 0 Å². The first-order valence-corrected chi connectivity index (χ1v) is 5.14. The topological polar surface area (TPSA) is 20.2 Å². The van der Waals surface area contributed by atoms with Gasteiger partial charge in [-0.2, -0.15) is 0 Å². The number of rotatable bonds is 3. The summed E-state index contributed by atoms with van der Waals surface area (Å²) in [6, 6.07) is 0. The molecule has 0 saturated carbocycles. The van der Waals surface area contributed by atoms with E-state index in [0.29, 0.717) is 0 Å². The minimum Gasteiger partial charge on any atom is -0.388 e. The van der Waals surface area contributed by atoms with Crippen molar-refractivity contribution in [3.05, 3.63) is 23.8 Å². The summed E-state index contributed by atoms with van der Waals surface area (Å²) in [4.78, 5) is 0. The third-order valence-electron chi connectivity index (χ3n) is 2.71. The lowest BCUT2D eigenvalue weighted by Gasteiger charge is -2.31. The Labute approximate surface area is 81.2 Å². The molecule has 0 bridgehead atoms. The van der Waals surface area contributed by atoms with E-state index < -0.39 is 0 Å². The van der Waals surface area contributed by atoms with Crippen LogP contribution in [0.2, 0.25) is 0 Å². The van der Waals surface area contributed by atoms with Gasteiger partial charge in [0.05, 0.1) is 6.10 Å². The molecule has 74 valence electrons. The summed E-state index contributed by atoms with van der Waals surface area (Å²) in [7, 11) is 0. The highest BCUT2D eigenvalue weighted by Gasteiger charge is 2.29. The zero-order valence-corrected chi connectivity index (χ0v) is 8.88. The summed E-state index contributed by atoms with van der Waals surface area (Å²) >= 11 is 0. The van der Waals surface area contributed by atoms with Crippen LogP contribution in [0.4, 0.5) is 0 Å². The zero-order chi connectivity index (χ0) is 9.90. The molecular weight excluding hydrogens is 160 g/mol. The van der Waals surface area contributed by atoms with Gasteiger partial charge in [0.25, 0.3) is 0 Å². The molecule has 0 saturated heterocycles. The van der Waals surface area contributed by atoms with Gasteiger partial charge in [-0.1, -0.05) is 45.4 Å². The summed E-state index contributed by atoms with van der Waals surface area (Å²) in [5.41, 5.74) is 1.10. The van der Waals surface area contributed by atoms with Gasteiger partial charge in [-0.05, 0) is 18.4 Å². The first-order valence-electron chi connectivity index (χ1n) is 5.14. The van der Waals surface area contributed by atoms with Gasteiger partial charge < -0.3 is 5.11 Å². The fourth-order valence-electron chi connectivity index (χ4n) is 1.68. The van der Waals surface area contributed by atoms with E-state index in [1.165, 1.54) is 18.4 Å². The molecule has 1 N–H and O–H groups in total. The fourth-order valence-corrected chi connectivity index (χ4v) is 1.68. The Morgan fingerprint density at radius 3 is 2.77 bits per heavy atom. The normalized spacial score (nSPS) is 25.8. The average Bonchev–Trinajstić information content (AvgIpc) is 2.08. The van der Waals surface area contributed by atoms with Crippen molar-refractivity contribution in [2.75, 3.05) is 0 Å². The second-order valence-electron chi connectivity index (χ2n) is 4.43. The summed E-state index contributed by atoms with van der Waals surface area (Å²) in [6.07, 6.45) is 9.31. The third-order valence-corrected chi connectivity index (χ3v) is 2.71. The van der Waals surface area contributed by atoms with Gasteiger partial charge >= 0.3 is 0 Å². The molecule has 0 radical (unpaired) electrons. The van der Waals surface area contributed by atoms with E-state index in [1.54, 1.807) is 0 Å². The first kappa shape index (κ1) is 10.5. The molecule has 0 amide bonds. The molecule has 1 aliphatic rings. The molecule has 0 heterocycles. The van der Waals surface area contributed by atoms with Crippen LogP contribution in [0.3, 0.4) is 0 Å². The fraction of sp³-hybridized carbons (Fsp3) is 0.667. The second-order valence-corrected chi connectivity index (χ2v) is 4.43. The summed E-state index contributed by atoms with van der Waals surface area (Å²) in [6.45, 7) is 6.33. The molecular formula is C12H20O. The van der Waals surface area contributed by atoms with Crippen molar-refractivity contribution in [2.24, 2.45) is 5.41 Å². The molecule has 1 rings (SSSR count).